The van der Waals surface area contributed by atoms with Gasteiger partial charge in [-0.05, 0) is 37.1 Å². The van der Waals surface area contributed by atoms with Crippen LogP contribution in [0.5, 0.6) is 0 Å². The van der Waals surface area contributed by atoms with Gasteiger partial charge < -0.3 is 19.7 Å². The number of aliphatic carboxylic acids is 2. The van der Waals surface area contributed by atoms with Crippen LogP contribution in [0.1, 0.15) is 65.7 Å². The van der Waals surface area contributed by atoms with Gasteiger partial charge in [-0.25, -0.2) is 9.59 Å². The van der Waals surface area contributed by atoms with Crippen LogP contribution in [-0.4, -0.2) is 47.3 Å². The number of benzene rings is 2. The second kappa shape index (κ2) is 13.8. The predicted molar refractivity (Wildman–Crippen MR) is 123 cm³/mol. The average Bonchev–Trinajstić information content (AvgIpc) is 2.85. The number of hydrogen-bond donors (Lipinski definition) is 2. The molecule has 0 aliphatic carbocycles. The zero-order valence-electron chi connectivity index (χ0n) is 19.0. The highest BCUT2D eigenvalue weighted by molar-refractivity contribution is 5.90. The molecular formula is C26H30O8. The zero-order chi connectivity index (χ0) is 24.8. The number of carboxylic acid groups (broad SMARTS) is 2. The van der Waals surface area contributed by atoms with Crippen molar-refractivity contribution in [2.75, 3.05) is 13.2 Å². The molecule has 0 aromatic heterocycles. The van der Waals surface area contributed by atoms with Crippen molar-refractivity contribution >= 4 is 23.9 Å². The SMILES string of the molecule is O=C(O)CCCCCCCC(COC(=O)c1ccccc1)(COC(=O)c1ccccc1)C(=O)O. The van der Waals surface area contributed by atoms with E-state index in [2.05, 4.69) is 0 Å². The third kappa shape index (κ3) is 8.69. The Morgan fingerprint density at radius 2 is 1.09 bits per heavy atom. The van der Waals surface area contributed by atoms with Crippen LogP contribution in [0.15, 0.2) is 60.7 Å². The monoisotopic (exact) mass is 470 g/mol. The minimum absolute atomic E-state index is 0.101. The van der Waals surface area contributed by atoms with Crippen LogP contribution in [0.4, 0.5) is 0 Å². The molecule has 2 aromatic carbocycles. The molecular weight excluding hydrogens is 440 g/mol. The molecule has 2 aromatic rings. The van der Waals surface area contributed by atoms with Crippen molar-refractivity contribution in [1.29, 1.82) is 0 Å². The summed E-state index contributed by atoms with van der Waals surface area (Å²) in [5.74, 6) is -3.38. The van der Waals surface area contributed by atoms with Crippen molar-refractivity contribution in [2.45, 2.75) is 44.9 Å². The van der Waals surface area contributed by atoms with Gasteiger partial charge in [0.25, 0.3) is 0 Å². The predicted octanol–water partition coefficient (Wildman–Crippen LogP) is 4.59. The van der Waals surface area contributed by atoms with Crippen LogP contribution in [0, 0.1) is 5.41 Å². The first-order chi connectivity index (χ1) is 16.3. The Labute approximate surface area is 198 Å². The van der Waals surface area contributed by atoms with Crippen molar-refractivity contribution in [3.05, 3.63) is 71.8 Å². The quantitative estimate of drug-likeness (QED) is 0.286. The van der Waals surface area contributed by atoms with Gasteiger partial charge in [0.2, 0.25) is 0 Å². The molecule has 0 heterocycles. The van der Waals surface area contributed by atoms with Gasteiger partial charge in [0.05, 0.1) is 11.1 Å². The van der Waals surface area contributed by atoms with Gasteiger partial charge in [-0.3, -0.25) is 9.59 Å². The highest BCUT2D eigenvalue weighted by Gasteiger charge is 2.41. The van der Waals surface area contributed by atoms with Crippen molar-refractivity contribution < 1.29 is 38.9 Å². The maximum atomic E-state index is 12.4. The molecule has 8 heteroatoms. The molecule has 34 heavy (non-hydrogen) atoms. The molecule has 2 N–H and O–H groups in total. The Bertz CT molecular complexity index is 884. The van der Waals surface area contributed by atoms with Crippen molar-refractivity contribution in [1.82, 2.24) is 0 Å². The molecule has 0 atom stereocenters. The molecule has 0 amide bonds. The fraction of sp³-hybridized carbons (Fsp3) is 0.385. The van der Waals surface area contributed by atoms with Gasteiger partial charge in [0.15, 0.2) is 0 Å². The lowest BCUT2D eigenvalue weighted by atomic mass is 9.83. The highest BCUT2D eigenvalue weighted by Crippen LogP contribution is 2.28. The van der Waals surface area contributed by atoms with E-state index >= 15 is 0 Å². The Morgan fingerprint density at radius 1 is 0.647 bits per heavy atom. The summed E-state index contributed by atoms with van der Waals surface area (Å²) < 4.78 is 10.7. The first-order valence-corrected chi connectivity index (χ1v) is 11.2. The van der Waals surface area contributed by atoms with Crippen LogP contribution in [0.2, 0.25) is 0 Å². The van der Waals surface area contributed by atoms with E-state index in [-0.39, 0.29) is 12.8 Å². The molecule has 0 bridgehead atoms. The third-order valence-corrected chi connectivity index (χ3v) is 5.48. The molecule has 0 aliphatic heterocycles. The average molecular weight is 471 g/mol. The number of rotatable bonds is 15. The lowest BCUT2D eigenvalue weighted by Gasteiger charge is -2.28. The van der Waals surface area contributed by atoms with Gasteiger partial charge in [0.1, 0.15) is 18.6 Å². The van der Waals surface area contributed by atoms with Gasteiger partial charge in [-0.1, -0.05) is 62.1 Å². The van der Waals surface area contributed by atoms with Crippen molar-refractivity contribution in [2.24, 2.45) is 5.41 Å². The molecule has 0 saturated heterocycles. The Balaban J connectivity index is 2.03. The second-order valence-corrected chi connectivity index (χ2v) is 8.13. The van der Waals surface area contributed by atoms with Crippen molar-refractivity contribution in [3.8, 4) is 0 Å². The maximum absolute atomic E-state index is 12.4. The molecule has 0 saturated carbocycles. The molecule has 182 valence electrons. The number of esters is 2. The van der Waals surface area contributed by atoms with Crippen molar-refractivity contribution in [3.63, 3.8) is 0 Å². The van der Waals surface area contributed by atoms with Gasteiger partial charge in [-0.15, -0.1) is 0 Å². The molecule has 0 aliphatic rings. The normalized spacial score (nSPS) is 10.9. The first kappa shape index (κ1) is 26.6. The standard InChI is InChI=1S/C26H30O8/c27-22(28)16-10-2-1-3-11-17-26(25(31)32,18-33-23(29)20-12-6-4-7-13-20)19-34-24(30)21-14-8-5-9-15-21/h4-9,12-15H,1-3,10-11,16-19H2,(H,27,28)(H,31,32). The van der Waals surface area contributed by atoms with E-state index in [1.165, 1.54) is 0 Å². The van der Waals surface area contributed by atoms with E-state index in [9.17, 15) is 24.3 Å². The van der Waals surface area contributed by atoms with Gasteiger partial charge >= 0.3 is 23.9 Å². The van der Waals surface area contributed by atoms with E-state index in [0.717, 1.165) is 12.8 Å². The minimum atomic E-state index is -1.60. The summed E-state index contributed by atoms with van der Waals surface area (Å²) in [5.41, 5.74) is -1.02. The smallest absolute Gasteiger partial charge is 0.338 e. The van der Waals surface area contributed by atoms with E-state index in [1.807, 2.05) is 0 Å². The number of carbonyl (C=O) groups excluding carboxylic acids is 2. The number of carbonyl (C=O) groups is 4. The fourth-order valence-electron chi connectivity index (χ4n) is 3.41. The summed E-state index contributed by atoms with van der Waals surface area (Å²) in [4.78, 5) is 47.7. The second-order valence-electron chi connectivity index (χ2n) is 8.13. The highest BCUT2D eigenvalue weighted by atomic mass is 16.6. The van der Waals surface area contributed by atoms with Crippen LogP contribution < -0.4 is 0 Å². The first-order valence-electron chi connectivity index (χ1n) is 11.2. The summed E-state index contributed by atoms with van der Waals surface area (Å²) in [6.07, 6.45) is 3.42. The lowest BCUT2D eigenvalue weighted by Crippen LogP contribution is -2.42. The van der Waals surface area contributed by atoms with E-state index in [1.54, 1.807) is 60.7 Å². The van der Waals surface area contributed by atoms with Crippen LogP contribution in [0.25, 0.3) is 0 Å². The summed E-state index contributed by atoms with van der Waals surface area (Å²) >= 11 is 0. The third-order valence-electron chi connectivity index (χ3n) is 5.48. The molecule has 0 radical (unpaired) electrons. The molecule has 0 spiro atoms. The summed E-state index contributed by atoms with van der Waals surface area (Å²) in [7, 11) is 0. The largest absolute Gasteiger partial charge is 0.481 e. The van der Waals surface area contributed by atoms with E-state index < -0.39 is 42.5 Å². The minimum Gasteiger partial charge on any atom is -0.481 e. The van der Waals surface area contributed by atoms with E-state index in [4.69, 9.17) is 14.6 Å². The number of ether oxygens (including phenoxy) is 2. The van der Waals surface area contributed by atoms with Crippen LogP contribution >= 0.6 is 0 Å². The van der Waals surface area contributed by atoms with Crippen LogP contribution in [0.3, 0.4) is 0 Å². The summed E-state index contributed by atoms with van der Waals surface area (Å²) in [6, 6.07) is 16.5. The molecule has 0 unspecified atom stereocenters. The van der Waals surface area contributed by atoms with E-state index in [0.29, 0.717) is 30.4 Å². The summed E-state index contributed by atoms with van der Waals surface area (Å²) in [5, 5.41) is 18.8. The lowest BCUT2D eigenvalue weighted by molar-refractivity contribution is -0.155. The van der Waals surface area contributed by atoms with Crippen LogP contribution in [-0.2, 0) is 19.1 Å². The Morgan fingerprint density at radius 3 is 1.53 bits per heavy atom. The number of carboxylic acids is 2. The summed E-state index contributed by atoms with van der Waals surface area (Å²) in [6.45, 7) is -0.895. The fourth-order valence-corrected chi connectivity index (χ4v) is 3.41. The number of hydrogen-bond acceptors (Lipinski definition) is 6. The van der Waals surface area contributed by atoms with Gasteiger partial charge in [-0.2, -0.15) is 0 Å². The maximum Gasteiger partial charge on any atom is 0.338 e. The zero-order valence-corrected chi connectivity index (χ0v) is 19.0. The van der Waals surface area contributed by atoms with Gasteiger partial charge in [0, 0.05) is 6.42 Å². The molecule has 8 nitrogen and oxygen atoms in total. The number of unbranched alkanes of at least 4 members (excludes halogenated alkanes) is 4. The topological polar surface area (TPSA) is 127 Å². The molecule has 0 fully saturated rings. The Hall–Kier alpha value is -3.68. The Kier molecular flexibility index (Phi) is 10.8. The molecule has 2 rings (SSSR count).